The molecule has 0 unspecified atom stereocenters. The fourth-order valence-corrected chi connectivity index (χ4v) is 1.07. The van der Waals surface area contributed by atoms with Crippen molar-refractivity contribution in [3.63, 3.8) is 0 Å². The highest BCUT2D eigenvalue weighted by Crippen LogP contribution is 2.16. The Morgan fingerprint density at radius 1 is 1.50 bits per heavy atom. The number of nitrogens with zero attached hydrogens (tertiary/aromatic N) is 1. The Morgan fingerprint density at radius 3 is 2.75 bits per heavy atom. The molecule has 0 aliphatic rings. The monoisotopic (exact) mass is 227 g/mol. The van der Waals surface area contributed by atoms with E-state index in [1.54, 1.807) is 7.11 Å². The summed E-state index contributed by atoms with van der Waals surface area (Å²) in [4.78, 5) is 17.8. The van der Waals surface area contributed by atoms with Crippen molar-refractivity contribution in [3.05, 3.63) is 16.7 Å². The summed E-state index contributed by atoms with van der Waals surface area (Å²) in [6.45, 7) is 4.38. The minimum Gasteiger partial charge on any atom is -0.489 e. The zero-order valence-corrected chi connectivity index (χ0v) is 9.96. The number of H-pyrrole nitrogens is 1. The average Bonchev–Trinajstić information content (AvgIpc) is 2.26. The van der Waals surface area contributed by atoms with Gasteiger partial charge in [-0.15, -0.1) is 0 Å². The first-order valence-corrected chi connectivity index (χ1v) is 4.91. The third-order valence-electron chi connectivity index (χ3n) is 2.25. The standard InChI is InChI=1S/C10H17N3O3/c1-10(2,16-4)5-11-8-7(15-3)9(14)13-6-12-8/h6H,5H2,1-4H3,(H2,11,12,13,14). The number of hydrogen-bond acceptors (Lipinski definition) is 5. The molecule has 0 atom stereocenters. The summed E-state index contributed by atoms with van der Waals surface area (Å²) in [7, 11) is 3.06. The molecule has 0 saturated heterocycles. The number of hydrogen-bond donors (Lipinski definition) is 2. The number of aromatic amines is 1. The van der Waals surface area contributed by atoms with Crippen molar-refractivity contribution in [2.24, 2.45) is 0 Å². The number of ether oxygens (including phenoxy) is 2. The predicted octanol–water partition coefficient (Wildman–Crippen LogP) is 0.615. The third-order valence-corrected chi connectivity index (χ3v) is 2.25. The zero-order valence-electron chi connectivity index (χ0n) is 9.96. The maximum absolute atomic E-state index is 11.4. The Balaban J connectivity index is 2.82. The SMILES string of the molecule is COc1c(NCC(C)(C)OC)nc[nH]c1=O. The van der Waals surface area contributed by atoms with Gasteiger partial charge in [-0.25, -0.2) is 4.98 Å². The molecule has 0 aliphatic carbocycles. The Hall–Kier alpha value is -1.56. The van der Waals surface area contributed by atoms with Crippen LogP contribution >= 0.6 is 0 Å². The Kier molecular flexibility index (Phi) is 3.89. The van der Waals surface area contributed by atoms with Gasteiger partial charge in [-0.3, -0.25) is 4.79 Å². The van der Waals surface area contributed by atoms with Crippen LogP contribution in [0.2, 0.25) is 0 Å². The highest BCUT2D eigenvalue weighted by atomic mass is 16.5. The number of aromatic nitrogens is 2. The van der Waals surface area contributed by atoms with Gasteiger partial charge in [0.15, 0.2) is 5.82 Å². The first-order valence-electron chi connectivity index (χ1n) is 4.91. The molecule has 16 heavy (non-hydrogen) atoms. The van der Waals surface area contributed by atoms with Gasteiger partial charge >= 0.3 is 0 Å². The topological polar surface area (TPSA) is 76.2 Å². The number of rotatable bonds is 5. The molecular formula is C10H17N3O3. The second-order valence-electron chi connectivity index (χ2n) is 3.93. The van der Waals surface area contributed by atoms with Crippen molar-refractivity contribution in [2.45, 2.75) is 19.4 Å². The van der Waals surface area contributed by atoms with E-state index < -0.39 is 0 Å². The van der Waals surface area contributed by atoms with Crippen LogP contribution in [0, 0.1) is 0 Å². The summed E-state index contributed by atoms with van der Waals surface area (Å²) in [6.07, 6.45) is 1.33. The fraction of sp³-hybridized carbons (Fsp3) is 0.600. The molecule has 0 amide bonds. The summed E-state index contributed by atoms with van der Waals surface area (Å²) < 4.78 is 10.2. The Bertz CT molecular complexity index is 401. The second-order valence-corrected chi connectivity index (χ2v) is 3.93. The largest absolute Gasteiger partial charge is 0.489 e. The molecule has 0 aliphatic heterocycles. The Morgan fingerprint density at radius 2 is 2.19 bits per heavy atom. The molecular weight excluding hydrogens is 210 g/mol. The van der Waals surface area contributed by atoms with E-state index in [2.05, 4.69) is 15.3 Å². The molecule has 2 N–H and O–H groups in total. The highest BCUT2D eigenvalue weighted by molar-refractivity contribution is 5.47. The molecule has 1 heterocycles. The van der Waals surface area contributed by atoms with Crippen LogP contribution in [0.4, 0.5) is 5.82 Å². The van der Waals surface area contributed by atoms with Gasteiger partial charge in [-0.2, -0.15) is 0 Å². The lowest BCUT2D eigenvalue weighted by Crippen LogP contribution is -2.32. The summed E-state index contributed by atoms with van der Waals surface area (Å²) in [5.41, 5.74) is -0.648. The molecule has 0 saturated carbocycles. The van der Waals surface area contributed by atoms with Crippen LogP contribution in [0.25, 0.3) is 0 Å². The van der Waals surface area contributed by atoms with Crippen molar-refractivity contribution in [1.82, 2.24) is 9.97 Å². The maximum Gasteiger partial charge on any atom is 0.295 e. The van der Waals surface area contributed by atoms with Crippen molar-refractivity contribution in [3.8, 4) is 5.75 Å². The lowest BCUT2D eigenvalue weighted by molar-refractivity contribution is 0.0343. The number of nitrogens with one attached hydrogen (secondary N) is 2. The van der Waals surface area contributed by atoms with Crippen LogP contribution in [0.5, 0.6) is 5.75 Å². The van der Waals surface area contributed by atoms with Crippen molar-refractivity contribution in [1.29, 1.82) is 0 Å². The molecule has 0 spiro atoms. The van der Waals surface area contributed by atoms with Crippen LogP contribution in [0.1, 0.15) is 13.8 Å². The van der Waals surface area contributed by atoms with Gasteiger partial charge in [-0.1, -0.05) is 0 Å². The molecule has 0 radical (unpaired) electrons. The van der Waals surface area contributed by atoms with E-state index >= 15 is 0 Å². The van der Waals surface area contributed by atoms with Gasteiger partial charge in [0.1, 0.15) is 0 Å². The van der Waals surface area contributed by atoms with Crippen molar-refractivity contribution in [2.75, 3.05) is 26.1 Å². The molecule has 1 aromatic heterocycles. The van der Waals surface area contributed by atoms with Gasteiger partial charge in [0.05, 0.1) is 19.0 Å². The maximum atomic E-state index is 11.4. The molecule has 6 heteroatoms. The van der Waals surface area contributed by atoms with E-state index in [-0.39, 0.29) is 16.9 Å². The second kappa shape index (κ2) is 4.98. The van der Waals surface area contributed by atoms with Gasteiger partial charge in [0.2, 0.25) is 5.75 Å². The van der Waals surface area contributed by atoms with Crippen LogP contribution < -0.4 is 15.6 Å². The minimum atomic E-state index is -0.338. The number of anilines is 1. The van der Waals surface area contributed by atoms with Gasteiger partial charge in [0, 0.05) is 13.7 Å². The van der Waals surface area contributed by atoms with Crippen LogP contribution in [-0.4, -0.2) is 36.3 Å². The molecule has 0 fully saturated rings. The first kappa shape index (κ1) is 12.5. The minimum absolute atomic E-state index is 0.175. The molecule has 0 bridgehead atoms. The van der Waals surface area contributed by atoms with Crippen LogP contribution in [0.15, 0.2) is 11.1 Å². The molecule has 0 aromatic carbocycles. The average molecular weight is 227 g/mol. The van der Waals surface area contributed by atoms with Gasteiger partial charge < -0.3 is 19.8 Å². The summed E-state index contributed by atoms with van der Waals surface area (Å²) in [5, 5.41) is 3.02. The third kappa shape index (κ3) is 2.96. The van der Waals surface area contributed by atoms with E-state index in [9.17, 15) is 4.79 Å². The highest BCUT2D eigenvalue weighted by Gasteiger charge is 2.17. The number of methoxy groups -OCH3 is 2. The predicted molar refractivity (Wildman–Crippen MR) is 61.0 cm³/mol. The normalized spacial score (nSPS) is 11.2. The van der Waals surface area contributed by atoms with E-state index in [1.807, 2.05) is 13.8 Å². The van der Waals surface area contributed by atoms with E-state index in [1.165, 1.54) is 13.4 Å². The summed E-state index contributed by atoms with van der Waals surface area (Å²) in [5.74, 6) is 0.589. The van der Waals surface area contributed by atoms with Gasteiger partial charge in [-0.05, 0) is 13.8 Å². The molecule has 90 valence electrons. The summed E-state index contributed by atoms with van der Waals surface area (Å²) >= 11 is 0. The Labute approximate surface area is 94.0 Å². The van der Waals surface area contributed by atoms with Crippen molar-refractivity contribution < 1.29 is 9.47 Å². The van der Waals surface area contributed by atoms with E-state index in [0.29, 0.717) is 12.4 Å². The molecule has 6 nitrogen and oxygen atoms in total. The molecule has 1 rings (SSSR count). The first-order chi connectivity index (χ1) is 7.50. The van der Waals surface area contributed by atoms with Crippen LogP contribution in [0.3, 0.4) is 0 Å². The lowest BCUT2D eigenvalue weighted by Gasteiger charge is -2.23. The van der Waals surface area contributed by atoms with Crippen LogP contribution in [-0.2, 0) is 4.74 Å². The van der Waals surface area contributed by atoms with Gasteiger partial charge in [0.25, 0.3) is 5.56 Å². The van der Waals surface area contributed by atoms with Crippen molar-refractivity contribution >= 4 is 5.82 Å². The summed E-state index contributed by atoms with van der Waals surface area (Å²) in [6, 6.07) is 0. The zero-order chi connectivity index (χ0) is 12.2. The lowest BCUT2D eigenvalue weighted by atomic mass is 10.1. The fourth-order valence-electron chi connectivity index (χ4n) is 1.07. The smallest absolute Gasteiger partial charge is 0.295 e. The van der Waals surface area contributed by atoms with E-state index in [4.69, 9.17) is 9.47 Å². The van der Waals surface area contributed by atoms with E-state index in [0.717, 1.165) is 0 Å². The molecule has 1 aromatic rings. The quantitative estimate of drug-likeness (QED) is 0.771.